The average Bonchev–Trinajstić information content (AvgIpc) is 4.08. The summed E-state index contributed by atoms with van der Waals surface area (Å²) in [5.74, 6) is 0.564. The van der Waals surface area contributed by atoms with Crippen LogP contribution < -0.4 is 4.65 Å². The van der Waals surface area contributed by atoms with Crippen LogP contribution in [0.25, 0.3) is 88.4 Å². The van der Waals surface area contributed by atoms with Gasteiger partial charge in [0.2, 0.25) is 0 Å². The summed E-state index contributed by atoms with van der Waals surface area (Å²) in [5, 5.41) is 13.1. The highest BCUT2D eigenvalue weighted by molar-refractivity contribution is 9.10. The first-order valence-corrected chi connectivity index (χ1v) is 20.5. The molecule has 11 rings (SSSR count). The quantitative estimate of drug-likeness (QED) is 0.169. The van der Waals surface area contributed by atoms with Crippen LogP contribution in [0.4, 0.5) is 0 Å². The molecule has 0 amide bonds. The molecule has 0 saturated carbocycles. The molecule has 59 heavy (non-hydrogen) atoms. The predicted octanol–water partition coefficient (Wildman–Crippen LogP) is 14.3. The average molecular weight is 835 g/mol. The topological polar surface area (TPSA) is 65.0 Å². The number of ether oxygens (including phenoxy) is 1. The lowest BCUT2D eigenvalue weighted by atomic mass is 9.98. The first-order chi connectivity index (χ1) is 29.1. The van der Waals surface area contributed by atoms with Crippen molar-refractivity contribution in [3.63, 3.8) is 0 Å². The zero-order valence-corrected chi connectivity index (χ0v) is 33.8. The van der Waals surface area contributed by atoms with E-state index in [9.17, 15) is 0 Å². The van der Waals surface area contributed by atoms with Crippen molar-refractivity contribution in [2.24, 2.45) is 0 Å². The van der Waals surface area contributed by atoms with E-state index in [4.69, 9.17) is 23.2 Å². The van der Waals surface area contributed by atoms with E-state index in [0.717, 1.165) is 72.7 Å². The fourth-order valence-corrected chi connectivity index (χ4v) is 7.89. The Balaban J connectivity index is 0.000000136. The smallest absolute Gasteiger partial charge is 0.537 e. The van der Waals surface area contributed by atoms with Crippen LogP contribution in [0.5, 0.6) is 5.75 Å². The van der Waals surface area contributed by atoms with Gasteiger partial charge in [0.05, 0.1) is 0 Å². The molecular weight excluding hydrogens is 795 g/mol. The molecule has 2 aromatic heterocycles. The standard InChI is InChI=1S/C24H16BO3.C24H15BrO.C4H8O/c26-25-28-20-10-12-24-22(15-20)21-14-19(9-11-23(21)27-24)18-8-4-7-17(13-18)16-5-2-1-3-6-16;25-20-10-12-24-22(15-20)21-14-19(9-11-23(21)26-24)18-8-4-7-17(13-18)16-5-2-1-3-6-16;1-2-4-5-3-1/h1-15,26H;1-15H;1-4H2. The van der Waals surface area contributed by atoms with Gasteiger partial charge in [-0.2, -0.15) is 0 Å². The number of halogens is 1. The summed E-state index contributed by atoms with van der Waals surface area (Å²) >= 11 is 3.56. The third-order valence-corrected chi connectivity index (χ3v) is 11.0. The number of benzene rings is 8. The van der Waals surface area contributed by atoms with Gasteiger partial charge in [0.1, 0.15) is 28.1 Å². The van der Waals surface area contributed by atoms with Crippen LogP contribution in [0.1, 0.15) is 12.8 Å². The molecule has 5 nitrogen and oxygen atoms in total. The van der Waals surface area contributed by atoms with Crippen molar-refractivity contribution < 1.29 is 23.2 Å². The summed E-state index contributed by atoms with van der Waals surface area (Å²) in [7, 11) is 0.684. The zero-order chi connectivity index (χ0) is 40.0. The molecule has 1 fully saturated rings. The van der Waals surface area contributed by atoms with E-state index >= 15 is 0 Å². The Morgan fingerprint density at radius 3 is 1.29 bits per heavy atom. The van der Waals surface area contributed by atoms with Crippen LogP contribution in [-0.4, -0.2) is 25.9 Å². The van der Waals surface area contributed by atoms with E-state index in [1.54, 1.807) is 6.07 Å². The third-order valence-electron chi connectivity index (χ3n) is 10.5. The zero-order valence-electron chi connectivity index (χ0n) is 32.2. The molecule has 1 radical (unpaired) electrons. The lowest BCUT2D eigenvalue weighted by Gasteiger charge is -2.06. The van der Waals surface area contributed by atoms with Gasteiger partial charge >= 0.3 is 7.69 Å². The SMILES string of the molecule is Brc1ccc2oc3ccc(-c4cccc(-c5ccccc5)c4)cc3c2c1.C1CCOC1.O[B]Oc1ccc2oc3ccc(-c4cccc(-c5ccccc5)c4)cc3c2c1. The molecule has 1 saturated heterocycles. The predicted molar refractivity (Wildman–Crippen MR) is 246 cm³/mol. The molecule has 0 bridgehead atoms. The maximum Gasteiger partial charge on any atom is 0.569 e. The second-order valence-corrected chi connectivity index (χ2v) is 15.3. The molecule has 7 heteroatoms. The van der Waals surface area contributed by atoms with Gasteiger partial charge in [-0.3, -0.25) is 0 Å². The highest BCUT2D eigenvalue weighted by Crippen LogP contribution is 2.37. The maximum absolute atomic E-state index is 8.90. The first-order valence-electron chi connectivity index (χ1n) is 19.7. The van der Waals surface area contributed by atoms with Crippen molar-refractivity contribution in [2.45, 2.75) is 12.8 Å². The molecular formula is C52H39BBrO5. The summed E-state index contributed by atoms with van der Waals surface area (Å²) in [5.41, 5.74) is 12.9. The van der Waals surface area contributed by atoms with Gasteiger partial charge in [-0.1, -0.05) is 125 Å². The van der Waals surface area contributed by atoms with Crippen LogP contribution in [0.15, 0.2) is 195 Å². The van der Waals surface area contributed by atoms with E-state index in [1.165, 1.54) is 46.2 Å². The van der Waals surface area contributed by atoms with Gasteiger partial charge in [0, 0.05) is 39.2 Å². The first kappa shape index (κ1) is 38.2. The van der Waals surface area contributed by atoms with E-state index in [-0.39, 0.29) is 0 Å². The molecule has 8 aromatic carbocycles. The van der Waals surface area contributed by atoms with Crippen LogP contribution in [0.3, 0.4) is 0 Å². The van der Waals surface area contributed by atoms with Crippen molar-refractivity contribution in [3.8, 4) is 50.3 Å². The van der Waals surface area contributed by atoms with E-state index < -0.39 is 0 Å². The normalized spacial score (nSPS) is 12.2. The van der Waals surface area contributed by atoms with Crippen molar-refractivity contribution in [3.05, 3.63) is 186 Å². The summed E-state index contributed by atoms with van der Waals surface area (Å²) in [6.45, 7) is 2.00. The minimum absolute atomic E-state index is 0.564. The Labute approximate surface area is 351 Å². The van der Waals surface area contributed by atoms with Gasteiger partial charge in [-0.05, 0) is 130 Å². The molecule has 3 heterocycles. The number of hydrogen-bond acceptors (Lipinski definition) is 5. The fraction of sp³-hybridized carbons (Fsp3) is 0.0769. The van der Waals surface area contributed by atoms with E-state index in [0.29, 0.717) is 13.4 Å². The second-order valence-electron chi connectivity index (χ2n) is 14.4. The molecule has 0 atom stereocenters. The van der Waals surface area contributed by atoms with Gasteiger partial charge in [-0.15, -0.1) is 0 Å². The van der Waals surface area contributed by atoms with E-state index in [2.05, 4.69) is 149 Å². The third kappa shape index (κ3) is 8.59. The van der Waals surface area contributed by atoms with Gasteiger partial charge < -0.3 is 23.2 Å². The van der Waals surface area contributed by atoms with Crippen LogP contribution in [0, 0.1) is 0 Å². The number of fused-ring (bicyclic) bond motifs is 6. The van der Waals surface area contributed by atoms with Crippen molar-refractivity contribution in [1.29, 1.82) is 0 Å². The van der Waals surface area contributed by atoms with Gasteiger partial charge in [-0.25, -0.2) is 0 Å². The summed E-state index contributed by atoms with van der Waals surface area (Å²) in [6, 6.07) is 62.3. The maximum atomic E-state index is 8.90. The molecule has 0 unspecified atom stereocenters. The Morgan fingerprint density at radius 1 is 0.407 bits per heavy atom. The fourth-order valence-electron chi connectivity index (χ4n) is 7.53. The molecule has 287 valence electrons. The number of rotatable bonds is 6. The van der Waals surface area contributed by atoms with E-state index in [1.807, 2.05) is 42.5 Å². The lowest BCUT2D eigenvalue weighted by Crippen LogP contribution is -1.98. The number of furan rings is 2. The Morgan fingerprint density at radius 2 is 0.814 bits per heavy atom. The summed E-state index contributed by atoms with van der Waals surface area (Å²) in [6.07, 6.45) is 2.56. The molecule has 10 aromatic rings. The Kier molecular flexibility index (Phi) is 11.4. The molecule has 0 spiro atoms. The van der Waals surface area contributed by atoms with Crippen LogP contribution in [-0.2, 0) is 4.74 Å². The van der Waals surface area contributed by atoms with Crippen LogP contribution in [0.2, 0.25) is 0 Å². The van der Waals surface area contributed by atoms with Crippen molar-refractivity contribution in [2.75, 3.05) is 13.2 Å². The largest absolute Gasteiger partial charge is 0.569 e. The number of hydrogen-bond donors (Lipinski definition) is 1. The van der Waals surface area contributed by atoms with Crippen molar-refractivity contribution in [1.82, 2.24) is 0 Å². The monoisotopic (exact) mass is 833 g/mol. The summed E-state index contributed by atoms with van der Waals surface area (Å²) < 4.78 is 23.0. The molecule has 0 aliphatic carbocycles. The molecule has 1 N–H and O–H groups in total. The molecule has 1 aliphatic rings. The summed E-state index contributed by atoms with van der Waals surface area (Å²) in [4.78, 5) is 0. The minimum Gasteiger partial charge on any atom is -0.537 e. The van der Waals surface area contributed by atoms with Crippen LogP contribution >= 0.6 is 15.9 Å². The lowest BCUT2D eigenvalue weighted by molar-refractivity contribution is 0.198. The Hall–Kier alpha value is -6.38. The van der Waals surface area contributed by atoms with Crippen molar-refractivity contribution >= 4 is 67.5 Å². The second kappa shape index (κ2) is 17.6. The van der Waals surface area contributed by atoms with Gasteiger partial charge in [0.15, 0.2) is 0 Å². The Bertz CT molecular complexity index is 3000. The minimum atomic E-state index is 0.564. The van der Waals surface area contributed by atoms with Gasteiger partial charge in [0.25, 0.3) is 0 Å². The highest BCUT2D eigenvalue weighted by Gasteiger charge is 2.12. The molecule has 1 aliphatic heterocycles. The highest BCUT2D eigenvalue weighted by atomic mass is 79.9.